The number of hydrogen-bond acceptors (Lipinski definition) is 2. The first-order valence-corrected chi connectivity index (χ1v) is 7.86. The Bertz CT molecular complexity index is 770. The normalized spacial score (nSPS) is 10.8. The summed E-state index contributed by atoms with van der Waals surface area (Å²) in [6.07, 6.45) is 1.80. The monoisotopic (exact) mass is 320 g/mol. The summed E-state index contributed by atoms with van der Waals surface area (Å²) < 4.78 is 0. The van der Waals surface area contributed by atoms with Crippen molar-refractivity contribution in [2.75, 3.05) is 5.01 Å². The van der Waals surface area contributed by atoms with Crippen LogP contribution < -0.4 is 5.01 Å². The van der Waals surface area contributed by atoms with Crippen molar-refractivity contribution in [3.05, 3.63) is 101 Å². The van der Waals surface area contributed by atoms with Crippen LogP contribution in [0.2, 0.25) is 5.02 Å². The highest BCUT2D eigenvalue weighted by Gasteiger charge is 2.05. The van der Waals surface area contributed by atoms with E-state index in [0.717, 1.165) is 11.3 Å². The van der Waals surface area contributed by atoms with E-state index in [-0.39, 0.29) is 0 Å². The number of nitrogens with zero attached hydrogens (tertiary/aromatic N) is 2. The lowest BCUT2D eigenvalue weighted by Gasteiger charge is -2.19. The summed E-state index contributed by atoms with van der Waals surface area (Å²) in [5, 5.41) is 7.31. The SMILES string of the molecule is Clc1ccccc1/C=N\N(Cc1ccccc1)c1ccccc1. The van der Waals surface area contributed by atoms with Gasteiger partial charge in [-0.1, -0.05) is 78.3 Å². The molecule has 3 aromatic rings. The van der Waals surface area contributed by atoms with E-state index in [0.29, 0.717) is 11.6 Å². The second-order valence-electron chi connectivity index (χ2n) is 5.14. The van der Waals surface area contributed by atoms with E-state index in [2.05, 4.69) is 17.2 Å². The van der Waals surface area contributed by atoms with Gasteiger partial charge in [0.15, 0.2) is 0 Å². The molecule has 114 valence electrons. The van der Waals surface area contributed by atoms with Crippen molar-refractivity contribution in [2.45, 2.75) is 6.54 Å². The van der Waals surface area contributed by atoms with Gasteiger partial charge in [-0.3, -0.25) is 5.01 Å². The molecule has 0 N–H and O–H groups in total. The summed E-state index contributed by atoms with van der Waals surface area (Å²) in [4.78, 5) is 0. The molecule has 0 amide bonds. The van der Waals surface area contributed by atoms with Crippen molar-refractivity contribution in [1.29, 1.82) is 0 Å². The van der Waals surface area contributed by atoms with Crippen LogP contribution in [0.25, 0.3) is 0 Å². The molecule has 0 saturated carbocycles. The fraction of sp³-hybridized carbons (Fsp3) is 0.0500. The molecular weight excluding hydrogens is 304 g/mol. The Labute approximate surface area is 141 Å². The van der Waals surface area contributed by atoms with Gasteiger partial charge in [-0.05, 0) is 23.8 Å². The average Bonchev–Trinajstić information content (AvgIpc) is 2.61. The zero-order chi connectivity index (χ0) is 15.9. The molecule has 0 aliphatic heterocycles. The van der Waals surface area contributed by atoms with E-state index < -0.39 is 0 Å². The number of rotatable bonds is 5. The Kier molecular flexibility index (Phi) is 5.07. The van der Waals surface area contributed by atoms with Gasteiger partial charge in [0.1, 0.15) is 0 Å². The molecule has 0 aliphatic carbocycles. The van der Waals surface area contributed by atoms with Crippen molar-refractivity contribution in [2.24, 2.45) is 5.10 Å². The van der Waals surface area contributed by atoms with E-state index in [1.165, 1.54) is 5.56 Å². The van der Waals surface area contributed by atoms with Crippen molar-refractivity contribution in [1.82, 2.24) is 0 Å². The summed E-state index contributed by atoms with van der Waals surface area (Å²) >= 11 is 6.20. The van der Waals surface area contributed by atoms with Crippen LogP contribution in [-0.2, 0) is 6.54 Å². The summed E-state index contributed by atoms with van der Waals surface area (Å²) in [6.45, 7) is 0.700. The lowest BCUT2D eigenvalue weighted by Crippen LogP contribution is -2.16. The molecule has 0 aromatic heterocycles. The largest absolute Gasteiger partial charge is 0.261 e. The molecular formula is C20H17ClN2. The van der Waals surface area contributed by atoms with E-state index in [1.807, 2.05) is 77.8 Å². The maximum absolute atomic E-state index is 6.20. The third-order valence-electron chi connectivity index (χ3n) is 3.47. The minimum atomic E-state index is 0.698. The second kappa shape index (κ2) is 7.61. The Morgan fingerprint density at radius 2 is 1.39 bits per heavy atom. The molecule has 0 fully saturated rings. The van der Waals surface area contributed by atoms with E-state index in [1.54, 1.807) is 6.21 Å². The molecule has 0 radical (unpaired) electrons. The number of para-hydroxylation sites is 1. The van der Waals surface area contributed by atoms with Gasteiger partial charge in [0.25, 0.3) is 0 Å². The van der Waals surface area contributed by atoms with Crippen molar-refractivity contribution in [3.63, 3.8) is 0 Å². The van der Waals surface area contributed by atoms with Crippen LogP contribution in [0.15, 0.2) is 90.0 Å². The van der Waals surface area contributed by atoms with Crippen molar-refractivity contribution < 1.29 is 0 Å². The number of hydrazone groups is 1. The molecule has 0 aliphatic rings. The fourth-order valence-electron chi connectivity index (χ4n) is 2.27. The molecule has 0 heterocycles. The first-order valence-electron chi connectivity index (χ1n) is 7.48. The quantitative estimate of drug-likeness (QED) is 0.455. The molecule has 3 aromatic carbocycles. The lowest BCUT2D eigenvalue weighted by atomic mass is 10.2. The predicted molar refractivity (Wildman–Crippen MR) is 98.1 cm³/mol. The summed E-state index contributed by atoms with van der Waals surface area (Å²) in [6, 6.07) is 28.1. The second-order valence-corrected chi connectivity index (χ2v) is 5.55. The summed E-state index contributed by atoms with van der Waals surface area (Å²) in [5.74, 6) is 0. The minimum absolute atomic E-state index is 0.698. The topological polar surface area (TPSA) is 15.6 Å². The van der Waals surface area contributed by atoms with Gasteiger partial charge >= 0.3 is 0 Å². The van der Waals surface area contributed by atoms with E-state index >= 15 is 0 Å². The van der Waals surface area contributed by atoms with Crippen molar-refractivity contribution >= 4 is 23.5 Å². The molecule has 0 saturated heterocycles. The van der Waals surface area contributed by atoms with Crippen LogP contribution in [0.3, 0.4) is 0 Å². The molecule has 0 atom stereocenters. The summed E-state index contributed by atoms with van der Waals surface area (Å²) in [5.41, 5.74) is 3.15. The standard InChI is InChI=1S/C20H17ClN2/c21-20-14-8-7-11-18(20)15-22-23(19-12-5-2-6-13-19)16-17-9-3-1-4-10-17/h1-15H,16H2/b22-15-. The summed E-state index contributed by atoms with van der Waals surface area (Å²) in [7, 11) is 0. The smallest absolute Gasteiger partial charge is 0.0666 e. The van der Waals surface area contributed by atoms with Gasteiger partial charge in [0, 0.05) is 10.6 Å². The number of hydrogen-bond donors (Lipinski definition) is 0. The third kappa shape index (κ3) is 4.21. The highest BCUT2D eigenvalue weighted by atomic mass is 35.5. The minimum Gasteiger partial charge on any atom is -0.261 e. The van der Waals surface area contributed by atoms with E-state index in [4.69, 9.17) is 11.6 Å². The first kappa shape index (κ1) is 15.3. The highest BCUT2D eigenvalue weighted by molar-refractivity contribution is 6.33. The molecule has 2 nitrogen and oxygen atoms in total. The van der Waals surface area contributed by atoms with Gasteiger partial charge in [-0.15, -0.1) is 0 Å². The Morgan fingerprint density at radius 1 is 0.783 bits per heavy atom. The fourth-order valence-corrected chi connectivity index (χ4v) is 2.45. The van der Waals surface area contributed by atoms with Crippen molar-refractivity contribution in [3.8, 4) is 0 Å². The van der Waals surface area contributed by atoms with Crippen LogP contribution in [0.1, 0.15) is 11.1 Å². The molecule has 0 bridgehead atoms. The van der Waals surface area contributed by atoms with E-state index in [9.17, 15) is 0 Å². The van der Waals surface area contributed by atoms with Gasteiger partial charge in [0.05, 0.1) is 18.4 Å². The zero-order valence-electron chi connectivity index (χ0n) is 12.6. The van der Waals surface area contributed by atoms with Crippen LogP contribution in [0.5, 0.6) is 0 Å². The van der Waals surface area contributed by atoms with Crippen LogP contribution >= 0.6 is 11.6 Å². The average molecular weight is 321 g/mol. The lowest BCUT2D eigenvalue weighted by molar-refractivity contribution is 0.858. The maximum Gasteiger partial charge on any atom is 0.0666 e. The highest BCUT2D eigenvalue weighted by Crippen LogP contribution is 2.18. The maximum atomic E-state index is 6.20. The molecule has 3 heteroatoms. The van der Waals surface area contributed by atoms with Gasteiger partial charge in [-0.25, -0.2) is 0 Å². The molecule has 23 heavy (non-hydrogen) atoms. The molecule has 0 spiro atoms. The van der Waals surface area contributed by atoms with Gasteiger partial charge in [0.2, 0.25) is 0 Å². The first-order chi connectivity index (χ1) is 11.3. The number of benzene rings is 3. The Balaban J connectivity index is 1.88. The molecule has 3 rings (SSSR count). The molecule has 0 unspecified atom stereocenters. The predicted octanol–water partition coefficient (Wildman–Crippen LogP) is 5.38. The van der Waals surface area contributed by atoms with Gasteiger partial charge < -0.3 is 0 Å². The van der Waals surface area contributed by atoms with Gasteiger partial charge in [-0.2, -0.15) is 5.10 Å². The number of halogens is 1. The Hall–Kier alpha value is -2.58. The number of anilines is 1. The zero-order valence-corrected chi connectivity index (χ0v) is 13.4. The Morgan fingerprint density at radius 3 is 2.09 bits per heavy atom. The van der Waals surface area contributed by atoms with Crippen LogP contribution in [0, 0.1) is 0 Å². The van der Waals surface area contributed by atoms with Crippen LogP contribution in [0.4, 0.5) is 5.69 Å². The van der Waals surface area contributed by atoms with Crippen LogP contribution in [-0.4, -0.2) is 6.21 Å². The third-order valence-corrected chi connectivity index (χ3v) is 3.82.